The lowest BCUT2D eigenvalue weighted by atomic mass is 9.88. The second-order valence-electron chi connectivity index (χ2n) is 9.83. The van der Waals surface area contributed by atoms with Crippen molar-refractivity contribution in [2.24, 2.45) is 0 Å². The molecule has 40 heavy (non-hydrogen) atoms. The number of hydrogen-bond acceptors (Lipinski definition) is 7. The molecular formula is C30H27N3O7. The third-order valence-electron chi connectivity index (χ3n) is 7.49. The number of carbonyl (C=O) groups is 1. The predicted octanol–water partition coefficient (Wildman–Crippen LogP) is 3.85. The molecule has 3 aromatic heterocycles. The number of aromatic hydroxyl groups is 1. The van der Waals surface area contributed by atoms with Gasteiger partial charge in [0.1, 0.15) is 5.75 Å². The Hall–Kier alpha value is -4.99. The minimum absolute atomic E-state index is 0.0412. The molecule has 0 amide bonds. The van der Waals surface area contributed by atoms with Crippen LogP contribution in [-0.2, 0) is 22.5 Å². The third-order valence-corrected chi connectivity index (χ3v) is 7.49. The smallest absolute Gasteiger partial charge is 0.306 e. The molecule has 0 fully saturated rings. The zero-order valence-corrected chi connectivity index (χ0v) is 21.9. The molecule has 3 N–H and O–H groups in total. The molecule has 10 heteroatoms. The largest absolute Gasteiger partial charge is 0.507 e. The van der Waals surface area contributed by atoms with Crippen molar-refractivity contribution in [3.8, 4) is 17.2 Å². The third kappa shape index (κ3) is 4.37. The highest BCUT2D eigenvalue weighted by Crippen LogP contribution is 2.37. The summed E-state index contributed by atoms with van der Waals surface area (Å²) in [4.78, 5) is 45.8. The van der Waals surface area contributed by atoms with Crippen LogP contribution in [0.15, 0.2) is 64.3 Å². The fourth-order valence-corrected chi connectivity index (χ4v) is 5.43. The maximum Gasteiger partial charge on any atom is 0.306 e. The minimum Gasteiger partial charge on any atom is -0.507 e. The van der Waals surface area contributed by atoms with Crippen LogP contribution in [0.2, 0.25) is 0 Å². The standard InChI is InChI=1S/C30H27N3O7/c1-16-9-24(34)28(30(37)33(16)8-7-17-14-31-22-6-4-3-5-19(17)22)20(12-27(35)38-2)21-10-18-11-25-26(40-15-39-25)13-23(18)32-29(21)36/h3-6,9-11,13-14,20,31,34H,7-8,12,15H2,1-2H3,(H,32,36). The molecule has 0 saturated heterocycles. The summed E-state index contributed by atoms with van der Waals surface area (Å²) >= 11 is 0. The van der Waals surface area contributed by atoms with Crippen LogP contribution in [0.4, 0.5) is 0 Å². The molecule has 10 nitrogen and oxygen atoms in total. The summed E-state index contributed by atoms with van der Waals surface area (Å²) < 4.78 is 17.3. The minimum atomic E-state index is -1.06. The van der Waals surface area contributed by atoms with Gasteiger partial charge >= 0.3 is 5.97 Å². The summed E-state index contributed by atoms with van der Waals surface area (Å²) in [7, 11) is 1.24. The van der Waals surface area contributed by atoms with E-state index in [1.165, 1.54) is 13.2 Å². The number of ether oxygens (including phenoxy) is 3. The first-order valence-electron chi connectivity index (χ1n) is 12.9. The molecule has 1 unspecified atom stereocenters. The van der Waals surface area contributed by atoms with Gasteiger partial charge in [-0.3, -0.25) is 14.4 Å². The number of rotatable bonds is 7. The molecule has 0 bridgehead atoms. The van der Waals surface area contributed by atoms with Crippen LogP contribution in [0, 0.1) is 6.92 Å². The first kappa shape index (κ1) is 25.3. The molecule has 0 spiro atoms. The number of carbonyl (C=O) groups excluding carboxylic acids is 1. The topological polar surface area (TPSA) is 136 Å². The van der Waals surface area contributed by atoms with Crippen molar-refractivity contribution >= 4 is 27.8 Å². The molecule has 4 heterocycles. The van der Waals surface area contributed by atoms with Crippen molar-refractivity contribution in [2.75, 3.05) is 13.9 Å². The fourth-order valence-electron chi connectivity index (χ4n) is 5.43. The van der Waals surface area contributed by atoms with Gasteiger partial charge in [-0.1, -0.05) is 18.2 Å². The van der Waals surface area contributed by atoms with Crippen molar-refractivity contribution in [1.29, 1.82) is 0 Å². The molecule has 1 aliphatic rings. The molecule has 0 saturated carbocycles. The highest BCUT2D eigenvalue weighted by Gasteiger charge is 2.29. The zero-order valence-electron chi connectivity index (χ0n) is 21.9. The summed E-state index contributed by atoms with van der Waals surface area (Å²) in [6, 6.07) is 14.4. The van der Waals surface area contributed by atoms with E-state index in [9.17, 15) is 19.5 Å². The van der Waals surface area contributed by atoms with E-state index in [4.69, 9.17) is 14.2 Å². The van der Waals surface area contributed by atoms with Gasteiger partial charge in [0.15, 0.2) is 11.5 Å². The Kier molecular flexibility index (Phi) is 6.30. The number of nitrogens with zero attached hydrogens (tertiary/aromatic N) is 1. The first-order valence-corrected chi connectivity index (χ1v) is 12.9. The molecule has 204 valence electrons. The van der Waals surface area contributed by atoms with Crippen molar-refractivity contribution in [1.82, 2.24) is 14.5 Å². The van der Waals surface area contributed by atoms with Crippen LogP contribution < -0.4 is 20.6 Å². The number of nitrogens with one attached hydrogen (secondary N) is 2. The van der Waals surface area contributed by atoms with Gasteiger partial charge < -0.3 is 33.9 Å². The monoisotopic (exact) mass is 541 g/mol. The number of H-pyrrole nitrogens is 2. The Morgan fingerprint density at radius 3 is 2.67 bits per heavy atom. The summed E-state index contributed by atoms with van der Waals surface area (Å²) in [5.74, 6) is -0.938. The molecule has 2 aromatic carbocycles. The highest BCUT2D eigenvalue weighted by atomic mass is 16.7. The van der Waals surface area contributed by atoms with E-state index in [0.29, 0.717) is 41.1 Å². The van der Waals surface area contributed by atoms with E-state index in [-0.39, 0.29) is 30.1 Å². The SMILES string of the molecule is COC(=O)CC(c1cc2cc3c(cc2[nH]c1=O)OCO3)c1c(O)cc(C)n(CCc2c[nH]c3ccccc23)c1=O. The second-order valence-corrected chi connectivity index (χ2v) is 9.83. The average Bonchev–Trinajstić information content (AvgIpc) is 3.57. The van der Waals surface area contributed by atoms with E-state index in [0.717, 1.165) is 16.5 Å². The Labute approximate surface area is 227 Å². The van der Waals surface area contributed by atoms with Crippen LogP contribution in [0.1, 0.15) is 34.7 Å². The Balaban J connectivity index is 1.45. The van der Waals surface area contributed by atoms with Gasteiger partial charge in [-0.15, -0.1) is 0 Å². The molecule has 6 rings (SSSR count). The molecule has 5 aromatic rings. The maximum atomic E-state index is 13.9. The van der Waals surface area contributed by atoms with Crippen LogP contribution in [0.3, 0.4) is 0 Å². The lowest BCUT2D eigenvalue weighted by Gasteiger charge is -2.20. The van der Waals surface area contributed by atoms with E-state index in [2.05, 4.69) is 9.97 Å². The molecule has 1 atom stereocenters. The summed E-state index contributed by atoms with van der Waals surface area (Å²) in [5, 5.41) is 12.7. The van der Waals surface area contributed by atoms with E-state index in [1.807, 2.05) is 30.5 Å². The Morgan fingerprint density at radius 2 is 1.88 bits per heavy atom. The number of para-hydroxylation sites is 1. The first-order chi connectivity index (χ1) is 19.3. The van der Waals surface area contributed by atoms with Crippen LogP contribution in [0.5, 0.6) is 17.2 Å². The normalized spacial score (nSPS) is 13.2. The fraction of sp³-hybridized carbons (Fsp3) is 0.233. The van der Waals surface area contributed by atoms with Gasteiger partial charge in [-0.25, -0.2) is 0 Å². The summed E-state index contributed by atoms with van der Waals surface area (Å²) in [6.07, 6.45) is 2.16. The van der Waals surface area contributed by atoms with Gasteiger partial charge in [0.25, 0.3) is 11.1 Å². The summed E-state index contributed by atoms with van der Waals surface area (Å²) in [5.41, 5.74) is 2.26. The van der Waals surface area contributed by atoms with Gasteiger partial charge in [0.2, 0.25) is 6.79 Å². The van der Waals surface area contributed by atoms with Crippen LogP contribution in [0.25, 0.3) is 21.8 Å². The molecule has 1 aliphatic heterocycles. The zero-order chi connectivity index (χ0) is 28.0. The van der Waals surface area contributed by atoms with Gasteiger partial charge in [-0.2, -0.15) is 0 Å². The lowest BCUT2D eigenvalue weighted by molar-refractivity contribution is -0.140. The molecule has 0 aliphatic carbocycles. The second kappa shape index (κ2) is 9.96. The number of aryl methyl sites for hydroxylation is 2. The Morgan fingerprint density at radius 1 is 1.10 bits per heavy atom. The number of fused-ring (bicyclic) bond motifs is 3. The number of aromatic nitrogens is 3. The van der Waals surface area contributed by atoms with Crippen LogP contribution >= 0.6 is 0 Å². The number of pyridine rings is 2. The van der Waals surface area contributed by atoms with E-state index in [1.54, 1.807) is 29.7 Å². The number of benzene rings is 2. The highest BCUT2D eigenvalue weighted by molar-refractivity contribution is 5.84. The van der Waals surface area contributed by atoms with Crippen molar-refractivity contribution < 1.29 is 24.1 Å². The number of aromatic amines is 2. The van der Waals surface area contributed by atoms with Gasteiger partial charge in [0, 0.05) is 52.3 Å². The number of hydrogen-bond donors (Lipinski definition) is 3. The van der Waals surface area contributed by atoms with Crippen molar-refractivity contribution in [3.05, 3.63) is 97.8 Å². The van der Waals surface area contributed by atoms with Crippen molar-refractivity contribution in [2.45, 2.75) is 32.2 Å². The average molecular weight is 542 g/mol. The van der Waals surface area contributed by atoms with Gasteiger partial charge in [0.05, 0.1) is 24.6 Å². The van der Waals surface area contributed by atoms with E-state index < -0.39 is 23.0 Å². The number of esters is 1. The number of methoxy groups -OCH3 is 1. The quantitative estimate of drug-likeness (QED) is 0.266. The molecular weight excluding hydrogens is 514 g/mol. The van der Waals surface area contributed by atoms with Gasteiger partial charge in [-0.05, 0) is 43.2 Å². The predicted molar refractivity (Wildman–Crippen MR) is 148 cm³/mol. The summed E-state index contributed by atoms with van der Waals surface area (Å²) in [6.45, 7) is 2.15. The molecule has 0 radical (unpaired) electrons. The Bertz CT molecular complexity index is 1900. The lowest BCUT2D eigenvalue weighted by Crippen LogP contribution is -2.31. The van der Waals surface area contributed by atoms with E-state index >= 15 is 0 Å². The van der Waals surface area contributed by atoms with Crippen molar-refractivity contribution in [3.63, 3.8) is 0 Å². The van der Waals surface area contributed by atoms with Crippen LogP contribution in [-0.4, -0.2) is 39.5 Å². The maximum absolute atomic E-state index is 13.9.